The number of nitrogens with zero attached hydrogens (tertiary/aromatic N) is 5. The minimum Gasteiger partial charge on any atom is -0.317 e. The summed E-state index contributed by atoms with van der Waals surface area (Å²) in [6.45, 7) is 1.96. The maximum absolute atomic E-state index is 12.2. The lowest BCUT2D eigenvalue weighted by atomic mass is 10.1. The number of aromatic nitrogens is 5. The van der Waals surface area contributed by atoms with Crippen LogP contribution in [0.1, 0.15) is 35.1 Å². The molecule has 1 saturated heterocycles. The van der Waals surface area contributed by atoms with Gasteiger partial charge >= 0.3 is 0 Å². The zero-order valence-electron chi connectivity index (χ0n) is 10.8. The molecule has 0 bridgehead atoms. The van der Waals surface area contributed by atoms with Crippen LogP contribution in [0.4, 0.5) is 0 Å². The standard InChI is InChI=1S/C12H16N6O/c1-17-11(4-7-14-17)12(19)10-8-18(16-15-10)9-2-5-13-6-3-9/h4,7-9,13H,2-3,5-6H2,1H3. The molecule has 100 valence electrons. The molecule has 3 heterocycles. The molecule has 0 atom stereocenters. The third kappa shape index (κ3) is 2.28. The fourth-order valence-electron chi connectivity index (χ4n) is 2.36. The van der Waals surface area contributed by atoms with E-state index in [1.165, 1.54) is 0 Å². The number of aryl methyl sites for hydroxylation is 1. The number of ketones is 1. The Bertz CT molecular complexity index is 581. The van der Waals surface area contributed by atoms with Crippen molar-refractivity contribution in [2.24, 2.45) is 7.05 Å². The quantitative estimate of drug-likeness (QED) is 0.796. The molecule has 1 fully saturated rings. The van der Waals surface area contributed by atoms with Crippen molar-refractivity contribution in [3.63, 3.8) is 0 Å². The summed E-state index contributed by atoms with van der Waals surface area (Å²) in [5, 5.41) is 15.4. The van der Waals surface area contributed by atoms with Crippen LogP contribution in [0.15, 0.2) is 18.5 Å². The van der Waals surface area contributed by atoms with Crippen LogP contribution < -0.4 is 5.32 Å². The summed E-state index contributed by atoms with van der Waals surface area (Å²) in [6, 6.07) is 2.02. The normalized spacial score (nSPS) is 16.7. The summed E-state index contributed by atoms with van der Waals surface area (Å²) in [4.78, 5) is 12.2. The fraction of sp³-hybridized carbons (Fsp3) is 0.500. The van der Waals surface area contributed by atoms with E-state index in [1.807, 2.05) is 4.68 Å². The van der Waals surface area contributed by atoms with Crippen molar-refractivity contribution in [1.29, 1.82) is 0 Å². The molecule has 1 aliphatic rings. The second-order valence-corrected chi connectivity index (χ2v) is 4.73. The first kappa shape index (κ1) is 12.0. The highest BCUT2D eigenvalue weighted by Crippen LogP contribution is 2.17. The van der Waals surface area contributed by atoms with E-state index in [0.29, 0.717) is 17.4 Å². The van der Waals surface area contributed by atoms with Crippen molar-refractivity contribution in [3.8, 4) is 0 Å². The largest absolute Gasteiger partial charge is 0.317 e. The molecule has 2 aromatic rings. The Morgan fingerprint density at radius 2 is 2.21 bits per heavy atom. The van der Waals surface area contributed by atoms with Gasteiger partial charge in [0.15, 0.2) is 5.69 Å². The number of carbonyl (C=O) groups is 1. The summed E-state index contributed by atoms with van der Waals surface area (Å²) in [5.74, 6) is -0.139. The second-order valence-electron chi connectivity index (χ2n) is 4.73. The molecule has 1 N–H and O–H groups in total. The molecule has 3 rings (SSSR count). The summed E-state index contributed by atoms with van der Waals surface area (Å²) in [5.41, 5.74) is 0.902. The van der Waals surface area contributed by atoms with Crippen molar-refractivity contribution in [2.75, 3.05) is 13.1 Å². The van der Waals surface area contributed by atoms with Crippen LogP contribution in [-0.2, 0) is 7.05 Å². The first-order valence-electron chi connectivity index (χ1n) is 6.41. The van der Waals surface area contributed by atoms with Gasteiger partial charge < -0.3 is 5.32 Å². The van der Waals surface area contributed by atoms with Gasteiger partial charge in [-0.2, -0.15) is 5.10 Å². The zero-order chi connectivity index (χ0) is 13.2. The highest BCUT2D eigenvalue weighted by molar-refractivity contribution is 6.06. The minimum absolute atomic E-state index is 0.139. The van der Waals surface area contributed by atoms with E-state index < -0.39 is 0 Å². The summed E-state index contributed by atoms with van der Waals surface area (Å²) >= 11 is 0. The predicted octanol–water partition coefficient (Wildman–Crippen LogP) is 0.167. The SMILES string of the molecule is Cn1nccc1C(=O)c1cn(C2CCNCC2)nn1. The highest BCUT2D eigenvalue weighted by atomic mass is 16.1. The number of nitrogens with one attached hydrogen (secondary N) is 1. The van der Waals surface area contributed by atoms with E-state index >= 15 is 0 Å². The van der Waals surface area contributed by atoms with Crippen molar-refractivity contribution in [3.05, 3.63) is 29.8 Å². The lowest BCUT2D eigenvalue weighted by Crippen LogP contribution is -2.29. The molecule has 0 radical (unpaired) electrons. The number of rotatable bonds is 3. The zero-order valence-corrected chi connectivity index (χ0v) is 10.8. The van der Waals surface area contributed by atoms with E-state index in [4.69, 9.17) is 0 Å². The molecule has 0 unspecified atom stereocenters. The Kier molecular flexibility index (Phi) is 3.12. The van der Waals surface area contributed by atoms with Gasteiger partial charge in [0.05, 0.1) is 12.2 Å². The predicted molar refractivity (Wildman–Crippen MR) is 67.8 cm³/mol. The van der Waals surface area contributed by atoms with Crippen LogP contribution in [0.3, 0.4) is 0 Å². The van der Waals surface area contributed by atoms with Gasteiger partial charge in [-0.15, -0.1) is 5.10 Å². The van der Waals surface area contributed by atoms with Crippen LogP contribution >= 0.6 is 0 Å². The lowest BCUT2D eigenvalue weighted by Gasteiger charge is -2.22. The van der Waals surface area contributed by atoms with Gasteiger partial charge in [0, 0.05) is 13.2 Å². The molecule has 0 aliphatic carbocycles. The second kappa shape index (κ2) is 4.93. The molecule has 0 amide bonds. The Morgan fingerprint density at radius 1 is 1.42 bits per heavy atom. The molecular weight excluding hydrogens is 244 g/mol. The molecule has 0 aromatic carbocycles. The van der Waals surface area contributed by atoms with Gasteiger partial charge in [0.25, 0.3) is 0 Å². The van der Waals surface area contributed by atoms with E-state index in [-0.39, 0.29) is 5.78 Å². The topological polar surface area (TPSA) is 77.6 Å². The fourth-order valence-corrected chi connectivity index (χ4v) is 2.36. The van der Waals surface area contributed by atoms with Crippen LogP contribution in [0.2, 0.25) is 0 Å². The third-order valence-electron chi connectivity index (χ3n) is 3.48. The molecule has 0 saturated carbocycles. The van der Waals surface area contributed by atoms with Crippen LogP contribution in [-0.4, -0.2) is 43.6 Å². The minimum atomic E-state index is -0.139. The number of piperidine rings is 1. The van der Waals surface area contributed by atoms with E-state index in [0.717, 1.165) is 25.9 Å². The molecule has 2 aromatic heterocycles. The lowest BCUT2D eigenvalue weighted by molar-refractivity contribution is 0.102. The van der Waals surface area contributed by atoms with Crippen molar-refractivity contribution < 1.29 is 4.79 Å². The highest BCUT2D eigenvalue weighted by Gasteiger charge is 2.20. The van der Waals surface area contributed by atoms with Crippen molar-refractivity contribution in [1.82, 2.24) is 30.1 Å². The number of hydrogen-bond acceptors (Lipinski definition) is 5. The summed E-state index contributed by atoms with van der Waals surface area (Å²) < 4.78 is 3.36. The van der Waals surface area contributed by atoms with E-state index in [2.05, 4.69) is 20.7 Å². The molecule has 7 heteroatoms. The van der Waals surface area contributed by atoms with Gasteiger partial charge in [-0.05, 0) is 32.0 Å². The number of hydrogen-bond donors (Lipinski definition) is 1. The van der Waals surface area contributed by atoms with Crippen LogP contribution in [0.5, 0.6) is 0 Å². The van der Waals surface area contributed by atoms with Crippen molar-refractivity contribution >= 4 is 5.78 Å². The van der Waals surface area contributed by atoms with E-state index in [1.54, 1.807) is 30.2 Å². The van der Waals surface area contributed by atoms with Crippen molar-refractivity contribution in [2.45, 2.75) is 18.9 Å². The first-order valence-corrected chi connectivity index (χ1v) is 6.41. The molecule has 19 heavy (non-hydrogen) atoms. The first-order chi connectivity index (χ1) is 9.25. The smallest absolute Gasteiger partial charge is 0.232 e. The van der Waals surface area contributed by atoms with Gasteiger partial charge in [0.1, 0.15) is 5.69 Å². The van der Waals surface area contributed by atoms with E-state index in [9.17, 15) is 4.79 Å². The average Bonchev–Trinajstić information content (AvgIpc) is 3.08. The van der Waals surface area contributed by atoms with Gasteiger partial charge in [-0.3, -0.25) is 9.48 Å². The molecule has 7 nitrogen and oxygen atoms in total. The van der Waals surface area contributed by atoms with Crippen LogP contribution in [0.25, 0.3) is 0 Å². The Labute approximate surface area is 110 Å². The average molecular weight is 260 g/mol. The van der Waals surface area contributed by atoms with Gasteiger partial charge in [-0.25, -0.2) is 4.68 Å². The Hall–Kier alpha value is -2.02. The summed E-state index contributed by atoms with van der Waals surface area (Å²) in [6.07, 6.45) is 5.38. The number of carbonyl (C=O) groups excluding carboxylic acids is 1. The maximum atomic E-state index is 12.2. The molecule has 0 spiro atoms. The third-order valence-corrected chi connectivity index (χ3v) is 3.48. The Balaban J connectivity index is 1.81. The maximum Gasteiger partial charge on any atom is 0.232 e. The molecular formula is C12H16N6O. The van der Waals surface area contributed by atoms with Gasteiger partial charge in [0.2, 0.25) is 5.78 Å². The Morgan fingerprint density at radius 3 is 2.89 bits per heavy atom. The van der Waals surface area contributed by atoms with Crippen LogP contribution in [0, 0.1) is 0 Å². The monoisotopic (exact) mass is 260 g/mol. The van der Waals surface area contributed by atoms with Gasteiger partial charge in [-0.1, -0.05) is 5.21 Å². The summed E-state index contributed by atoms with van der Waals surface area (Å²) in [7, 11) is 1.74. The molecule has 1 aliphatic heterocycles.